The fraction of sp³-hybridized carbons (Fsp3) is 0.304. The van der Waals surface area contributed by atoms with Crippen LogP contribution in [0.2, 0.25) is 0 Å². The summed E-state index contributed by atoms with van der Waals surface area (Å²) in [6.45, 7) is 4.63. The molecule has 3 rings (SSSR count). The van der Waals surface area contributed by atoms with Crippen LogP contribution in [0, 0.1) is 13.8 Å². The van der Waals surface area contributed by atoms with E-state index < -0.39 is 0 Å². The number of hydrogen-bond donors (Lipinski definition) is 0. The van der Waals surface area contributed by atoms with Gasteiger partial charge in [-0.15, -0.1) is 0 Å². The minimum Gasteiger partial charge on any atom is -0.493 e. The Hall–Kier alpha value is -2.93. The zero-order valence-corrected chi connectivity index (χ0v) is 18.8. The van der Waals surface area contributed by atoms with E-state index in [-0.39, 0.29) is 5.91 Å². The maximum absolute atomic E-state index is 12.7. The van der Waals surface area contributed by atoms with Crippen LogP contribution in [0.3, 0.4) is 0 Å². The van der Waals surface area contributed by atoms with Gasteiger partial charge in [0.05, 0.1) is 25.7 Å². The van der Waals surface area contributed by atoms with Crippen LogP contribution in [-0.4, -0.2) is 47.4 Å². The number of nitrogens with zero attached hydrogens (tertiary/aromatic N) is 3. The Bertz CT molecular complexity index is 1030. The number of carbonyl (C=O) groups excluding carboxylic acids is 1. The molecule has 2 aromatic carbocycles. The van der Waals surface area contributed by atoms with Crippen molar-refractivity contribution >= 4 is 17.7 Å². The van der Waals surface area contributed by atoms with Crippen molar-refractivity contribution in [2.75, 3.05) is 27.0 Å². The monoisotopic (exact) mass is 425 g/mol. The molecule has 0 aliphatic rings. The van der Waals surface area contributed by atoms with Crippen molar-refractivity contribution in [3.8, 4) is 17.2 Å². The molecule has 0 saturated heterocycles. The lowest BCUT2D eigenvalue weighted by molar-refractivity contribution is -0.127. The van der Waals surface area contributed by atoms with E-state index in [2.05, 4.69) is 37.0 Å². The van der Waals surface area contributed by atoms with E-state index in [9.17, 15) is 4.79 Å². The number of ether oxygens (including phenoxy) is 2. The molecule has 0 N–H and O–H groups in total. The van der Waals surface area contributed by atoms with Gasteiger partial charge in [0.25, 0.3) is 0 Å². The highest BCUT2D eigenvalue weighted by Crippen LogP contribution is 2.28. The highest BCUT2D eigenvalue weighted by atomic mass is 32.2. The summed E-state index contributed by atoms with van der Waals surface area (Å²) in [5, 5.41) is 0.802. The lowest BCUT2D eigenvalue weighted by atomic mass is 10.1. The summed E-state index contributed by atoms with van der Waals surface area (Å²) >= 11 is 1.44. The van der Waals surface area contributed by atoms with Crippen molar-refractivity contribution in [3.63, 3.8) is 0 Å². The number of aryl methyl sites for hydroxylation is 2. The number of hydrogen-bond acceptors (Lipinski definition) is 5. The van der Waals surface area contributed by atoms with Crippen molar-refractivity contribution in [2.45, 2.75) is 25.5 Å². The number of carbonyl (C=O) groups is 1. The van der Waals surface area contributed by atoms with Crippen LogP contribution < -0.4 is 9.47 Å². The summed E-state index contributed by atoms with van der Waals surface area (Å²) in [7, 11) is 5.01. The van der Waals surface area contributed by atoms with Gasteiger partial charge in [0, 0.05) is 26.0 Å². The van der Waals surface area contributed by atoms with Crippen LogP contribution in [-0.2, 0) is 11.3 Å². The Morgan fingerprint density at radius 3 is 2.60 bits per heavy atom. The van der Waals surface area contributed by atoms with Gasteiger partial charge >= 0.3 is 0 Å². The molecule has 0 aliphatic carbocycles. The summed E-state index contributed by atoms with van der Waals surface area (Å²) in [5.41, 5.74) is 4.41. The average Bonchev–Trinajstić information content (AvgIpc) is 3.21. The predicted octanol–water partition coefficient (Wildman–Crippen LogP) is 4.26. The molecule has 1 aromatic heterocycles. The smallest absolute Gasteiger partial charge is 0.233 e. The Balaban J connectivity index is 1.65. The number of amides is 1. The molecule has 7 heteroatoms. The second-order valence-electron chi connectivity index (χ2n) is 7.10. The SMILES string of the molecule is COc1ccc(CN(C)C(=O)CSc2nccn2-c2cc(C)ccc2C)cc1OC. The lowest BCUT2D eigenvalue weighted by Crippen LogP contribution is -2.27. The zero-order chi connectivity index (χ0) is 21.7. The molecule has 3 aromatic rings. The number of imidazole rings is 1. The second-order valence-corrected chi connectivity index (χ2v) is 8.04. The highest BCUT2D eigenvalue weighted by molar-refractivity contribution is 7.99. The third kappa shape index (κ3) is 4.97. The summed E-state index contributed by atoms with van der Waals surface area (Å²) in [6, 6.07) is 12.0. The molecule has 0 spiro atoms. The first kappa shape index (κ1) is 21.8. The third-order valence-electron chi connectivity index (χ3n) is 4.85. The molecule has 0 atom stereocenters. The molecule has 30 heavy (non-hydrogen) atoms. The van der Waals surface area contributed by atoms with E-state index in [1.54, 1.807) is 32.4 Å². The molecule has 1 amide bonds. The van der Waals surface area contributed by atoms with Crippen molar-refractivity contribution < 1.29 is 14.3 Å². The van der Waals surface area contributed by atoms with Crippen LogP contribution in [0.15, 0.2) is 53.9 Å². The fourth-order valence-electron chi connectivity index (χ4n) is 3.14. The van der Waals surface area contributed by atoms with Crippen LogP contribution in [0.1, 0.15) is 16.7 Å². The molecule has 0 fully saturated rings. The second kappa shape index (κ2) is 9.71. The van der Waals surface area contributed by atoms with Crippen LogP contribution in [0.4, 0.5) is 0 Å². The molecule has 0 radical (unpaired) electrons. The molecule has 0 saturated carbocycles. The first-order chi connectivity index (χ1) is 14.4. The number of rotatable bonds is 8. The minimum absolute atomic E-state index is 0.0327. The number of aromatic nitrogens is 2. The van der Waals surface area contributed by atoms with Gasteiger partial charge in [0.2, 0.25) is 5.91 Å². The van der Waals surface area contributed by atoms with Gasteiger partial charge in [-0.2, -0.15) is 0 Å². The molecular formula is C23H27N3O3S. The Labute approximate surface area is 181 Å². The van der Waals surface area contributed by atoms with Gasteiger partial charge < -0.3 is 14.4 Å². The van der Waals surface area contributed by atoms with Gasteiger partial charge in [0.15, 0.2) is 16.7 Å². The van der Waals surface area contributed by atoms with Gasteiger partial charge in [-0.05, 0) is 48.7 Å². The Kier molecular flexibility index (Phi) is 7.05. The molecule has 158 valence electrons. The largest absolute Gasteiger partial charge is 0.493 e. The van der Waals surface area contributed by atoms with Crippen LogP contribution >= 0.6 is 11.8 Å². The van der Waals surface area contributed by atoms with E-state index in [0.717, 1.165) is 22.0 Å². The molecule has 6 nitrogen and oxygen atoms in total. The predicted molar refractivity (Wildman–Crippen MR) is 120 cm³/mol. The van der Waals surface area contributed by atoms with Crippen molar-refractivity contribution in [1.82, 2.24) is 14.5 Å². The fourth-order valence-corrected chi connectivity index (χ4v) is 4.04. The van der Waals surface area contributed by atoms with Crippen LogP contribution in [0.5, 0.6) is 11.5 Å². The van der Waals surface area contributed by atoms with E-state index in [0.29, 0.717) is 23.8 Å². The van der Waals surface area contributed by atoms with E-state index in [1.165, 1.54) is 17.3 Å². The maximum Gasteiger partial charge on any atom is 0.233 e. The standard InChI is InChI=1S/C23H27N3O3S/c1-16-6-7-17(2)19(12-16)26-11-10-24-23(26)30-15-22(27)25(3)14-18-8-9-20(28-4)21(13-18)29-5/h6-13H,14-15H2,1-5H3. The molecule has 0 unspecified atom stereocenters. The van der Waals surface area contributed by atoms with Gasteiger partial charge in [-0.25, -0.2) is 4.98 Å². The van der Waals surface area contributed by atoms with Gasteiger partial charge in [-0.3, -0.25) is 9.36 Å². The number of benzene rings is 2. The number of thioether (sulfide) groups is 1. The first-order valence-corrected chi connectivity index (χ1v) is 10.6. The first-order valence-electron chi connectivity index (χ1n) is 9.61. The average molecular weight is 426 g/mol. The van der Waals surface area contributed by atoms with E-state index in [4.69, 9.17) is 9.47 Å². The normalized spacial score (nSPS) is 10.7. The topological polar surface area (TPSA) is 56.6 Å². The van der Waals surface area contributed by atoms with Crippen molar-refractivity contribution in [3.05, 3.63) is 65.5 Å². The summed E-state index contributed by atoms with van der Waals surface area (Å²) < 4.78 is 12.7. The third-order valence-corrected chi connectivity index (χ3v) is 5.80. The van der Waals surface area contributed by atoms with E-state index in [1.807, 2.05) is 29.0 Å². The van der Waals surface area contributed by atoms with Crippen molar-refractivity contribution in [1.29, 1.82) is 0 Å². The summed E-state index contributed by atoms with van der Waals surface area (Å²) in [6.07, 6.45) is 3.70. The highest BCUT2D eigenvalue weighted by Gasteiger charge is 2.15. The van der Waals surface area contributed by atoms with E-state index >= 15 is 0 Å². The molecule has 0 bridgehead atoms. The molecule has 1 heterocycles. The quantitative estimate of drug-likeness (QED) is 0.505. The number of methoxy groups -OCH3 is 2. The summed E-state index contributed by atoms with van der Waals surface area (Å²) in [5.74, 6) is 1.67. The molecular weight excluding hydrogens is 398 g/mol. The van der Waals surface area contributed by atoms with Gasteiger partial charge in [0.1, 0.15) is 0 Å². The van der Waals surface area contributed by atoms with Gasteiger partial charge in [-0.1, -0.05) is 30.0 Å². The van der Waals surface area contributed by atoms with Crippen molar-refractivity contribution in [2.24, 2.45) is 0 Å². The maximum atomic E-state index is 12.7. The Morgan fingerprint density at radius 2 is 1.87 bits per heavy atom. The van der Waals surface area contributed by atoms with Crippen LogP contribution in [0.25, 0.3) is 5.69 Å². The summed E-state index contributed by atoms with van der Waals surface area (Å²) in [4.78, 5) is 18.9. The molecule has 0 aliphatic heterocycles. The lowest BCUT2D eigenvalue weighted by Gasteiger charge is -2.18. The minimum atomic E-state index is 0.0327. The Morgan fingerprint density at radius 1 is 1.10 bits per heavy atom. The zero-order valence-electron chi connectivity index (χ0n) is 18.0.